The first-order chi connectivity index (χ1) is 6.15. The number of benzene rings is 1. The molecule has 0 amide bonds. The highest BCUT2D eigenvalue weighted by molar-refractivity contribution is 5.31. The summed E-state index contributed by atoms with van der Waals surface area (Å²) in [5.41, 5.74) is 11.8. The van der Waals surface area contributed by atoms with Crippen molar-refractivity contribution in [1.29, 1.82) is 0 Å². The SMILES string of the molecule is Cc1ccc([C@@H](C)N=[N+]=[N-])cc1C. The Labute approximate surface area is 78.0 Å². The molecular weight excluding hydrogens is 162 g/mol. The molecule has 0 N–H and O–H groups in total. The number of azide groups is 1. The lowest BCUT2D eigenvalue weighted by Gasteiger charge is -2.07. The average molecular weight is 175 g/mol. The van der Waals surface area contributed by atoms with E-state index in [-0.39, 0.29) is 6.04 Å². The molecule has 0 aliphatic carbocycles. The topological polar surface area (TPSA) is 48.8 Å². The lowest BCUT2D eigenvalue weighted by atomic mass is 10.0. The summed E-state index contributed by atoms with van der Waals surface area (Å²) in [5, 5.41) is 3.65. The molecule has 0 unspecified atom stereocenters. The fourth-order valence-corrected chi connectivity index (χ4v) is 1.17. The first-order valence-corrected chi connectivity index (χ1v) is 4.26. The number of hydrogen-bond donors (Lipinski definition) is 0. The van der Waals surface area contributed by atoms with Crippen molar-refractivity contribution in [3.8, 4) is 0 Å². The second-order valence-electron chi connectivity index (χ2n) is 3.22. The van der Waals surface area contributed by atoms with Gasteiger partial charge in [0.1, 0.15) is 0 Å². The molecule has 1 aromatic rings. The smallest absolute Gasteiger partial charge is 0.0597 e. The molecule has 0 bridgehead atoms. The third kappa shape index (κ3) is 2.23. The Morgan fingerprint density at radius 3 is 2.54 bits per heavy atom. The van der Waals surface area contributed by atoms with Crippen molar-refractivity contribution in [2.24, 2.45) is 5.11 Å². The minimum atomic E-state index is -0.0794. The second kappa shape index (κ2) is 3.97. The van der Waals surface area contributed by atoms with Gasteiger partial charge in [0.05, 0.1) is 6.04 Å². The van der Waals surface area contributed by atoms with Crippen molar-refractivity contribution in [3.05, 3.63) is 45.3 Å². The average Bonchev–Trinajstić information content (AvgIpc) is 2.10. The highest BCUT2D eigenvalue weighted by atomic mass is 15.1. The molecular formula is C10H13N3. The highest BCUT2D eigenvalue weighted by Gasteiger charge is 2.02. The van der Waals surface area contributed by atoms with Gasteiger partial charge in [-0.15, -0.1) is 0 Å². The zero-order chi connectivity index (χ0) is 9.84. The molecule has 0 aliphatic heterocycles. The third-order valence-corrected chi connectivity index (χ3v) is 2.24. The van der Waals surface area contributed by atoms with Crippen molar-refractivity contribution >= 4 is 0 Å². The molecule has 0 heterocycles. The molecule has 0 saturated heterocycles. The summed E-state index contributed by atoms with van der Waals surface area (Å²) in [5.74, 6) is 0. The van der Waals surface area contributed by atoms with Crippen molar-refractivity contribution in [2.75, 3.05) is 0 Å². The number of rotatable bonds is 2. The number of aryl methyl sites for hydroxylation is 2. The molecule has 3 nitrogen and oxygen atoms in total. The Kier molecular flexibility index (Phi) is 2.93. The molecule has 0 spiro atoms. The van der Waals surface area contributed by atoms with Crippen LogP contribution in [0.2, 0.25) is 0 Å². The zero-order valence-electron chi connectivity index (χ0n) is 8.15. The Morgan fingerprint density at radius 1 is 1.31 bits per heavy atom. The van der Waals surface area contributed by atoms with Gasteiger partial charge in [-0.25, -0.2) is 0 Å². The van der Waals surface area contributed by atoms with E-state index in [9.17, 15) is 0 Å². The normalized spacial score (nSPS) is 11.9. The van der Waals surface area contributed by atoms with Gasteiger partial charge in [-0.05, 0) is 36.1 Å². The summed E-state index contributed by atoms with van der Waals surface area (Å²) >= 11 is 0. The lowest BCUT2D eigenvalue weighted by Crippen LogP contribution is -1.90. The van der Waals surface area contributed by atoms with Crippen LogP contribution in [0.15, 0.2) is 23.3 Å². The maximum absolute atomic E-state index is 8.28. The van der Waals surface area contributed by atoms with E-state index in [0.29, 0.717) is 0 Å². The van der Waals surface area contributed by atoms with Gasteiger partial charge in [0.2, 0.25) is 0 Å². The first kappa shape index (κ1) is 9.62. The van der Waals surface area contributed by atoms with Crippen LogP contribution < -0.4 is 0 Å². The first-order valence-electron chi connectivity index (χ1n) is 4.26. The van der Waals surface area contributed by atoms with Gasteiger partial charge in [0.25, 0.3) is 0 Å². The maximum atomic E-state index is 8.28. The molecule has 1 aromatic carbocycles. The Balaban J connectivity index is 3.03. The molecule has 1 rings (SSSR count). The molecule has 0 aromatic heterocycles. The molecule has 68 valence electrons. The fraction of sp³-hybridized carbons (Fsp3) is 0.400. The summed E-state index contributed by atoms with van der Waals surface area (Å²) in [6, 6.07) is 6.04. The van der Waals surface area contributed by atoms with Crippen molar-refractivity contribution in [2.45, 2.75) is 26.8 Å². The summed E-state index contributed by atoms with van der Waals surface area (Å²) in [7, 11) is 0. The van der Waals surface area contributed by atoms with Crippen LogP contribution in [0.25, 0.3) is 10.4 Å². The minimum absolute atomic E-state index is 0.0794. The van der Waals surface area contributed by atoms with E-state index in [1.807, 2.05) is 19.1 Å². The lowest BCUT2D eigenvalue weighted by molar-refractivity contribution is 0.806. The van der Waals surface area contributed by atoms with Crippen LogP contribution in [0.3, 0.4) is 0 Å². The Hall–Kier alpha value is -1.47. The standard InChI is InChI=1S/C10H13N3/c1-7-4-5-10(6-8(7)2)9(3)12-13-11/h4-6,9H,1-3H3/t9-/m1/s1. The molecule has 1 atom stereocenters. The van der Waals surface area contributed by atoms with Gasteiger partial charge in [0.15, 0.2) is 0 Å². The largest absolute Gasteiger partial charge is 0.0862 e. The van der Waals surface area contributed by atoms with Gasteiger partial charge in [-0.1, -0.05) is 30.2 Å². The van der Waals surface area contributed by atoms with Crippen molar-refractivity contribution < 1.29 is 0 Å². The maximum Gasteiger partial charge on any atom is 0.0597 e. The number of hydrogen-bond acceptors (Lipinski definition) is 1. The quantitative estimate of drug-likeness (QED) is 0.374. The second-order valence-corrected chi connectivity index (χ2v) is 3.22. The summed E-state index contributed by atoms with van der Waals surface area (Å²) < 4.78 is 0. The van der Waals surface area contributed by atoms with Crippen LogP contribution >= 0.6 is 0 Å². The summed E-state index contributed by atoms with van der Waals surface area (Å²) in [4.78, 5) is 2.79. The molecule has 13 heavy (non-hydrogen) atoms. The van der Waals surface area contributed by atoms with Crippen LogP contribution in [0, 0.1) is 13.8 Å². The van der Waals surface area contributed by atoms with E-state index in [4.69, 9.17) is 5.53 Å². The number of nitrogens with zero attached hydrogens (tertiary/aromatic N) is 3. The predicted octanol–water partition coefficient (Wildman–Crippen LogP) is 3.67. The Bertz CT molecular complexity index is 351. The van der Waals surface area contributed by atoms with Gasteiger partial charge >= 0.3 is 0 Å². The third-order valence-electron chi connectivity index (χ3n) is 2.24. The molecule has 0 radical (unpaired) electrons. The highest BCUT2D eigenvalue weighted by Crippen LogP contribution is 2.19. The fourth-order valence-electron chi connectivity index (χ4n) is 1.17. The van der Waals surface area contributed by atoms with Crippen molar-refractivity contribution in [1.82, 2.24) is 0 Å². The molecule has 0 aliphatic rings. The van der Waals surface area contributed by atoms with Gasteiger partial charge < -0.3 is 0 Å². The van der Waals surface area contributed by atoms with Crippen LogP contribution in [-0.4, -0.2) is 0 Å². The van der Waals surface area contributed by atoms with E-state index in [0.717, 1.165) is 5.56 Å². The minimum Gasteiger partial charge on any atom is -0.0862 e. The van der Waals surface area contributed by atoms with Crippen molar-refractivity contribution in [3.63, 3.8) is 0 Å². The Morgan fingerprint density at radius 2 is 2.00 bits per heavy atom. The molecule has 0 saturated carbocycles. The van der Waals surface area contributed by atoms with Crippen LogP contribution in [0.1, 0.15) is 29.7 Å². The van der Waals surface area contributed by atoms with Gasteiger partial charge in [-0.2, -0.15) is 0 Å². The summed E-state index contributed by atoms with van der Waals surface area (Å²) in [6.45, 7) is 6.02. The molecule has 0 fully saturated rings. The van der Waals surface area contributed by atoms with E-state index >= 15 is 0 Å². The van der Waals surface area contributed by atoms with Gasteiger partial charge in [0, 0.05) is 4.91 Å². The van der Waals surface area contributed by atoms with E-state index < -0.39 is 0 Å². The molecule has 3 heteroatoms. The van der Waals surface area contributed by atoms with Gasteiger partial charge in [-0.3, -0.25) is 0 Å². The van der Waals surface area contributed by atoms with Crippen LogP contribution in [-0.2, 0) is 0 Å². The predicted molar refractivity (Wildman–Crippen MR) is 53.5 cm³/mol. The van der Waals surface area contributed by atoms with Crippen LogP contribution in [0.5, 0.6) is 0 Å². The zero-order valence-corrected chi connectivity index (χ0v) is 8.15. The van der Waals surface area contributed by atoms with E-state index in [1.165, 1.54) is 11.1 Å². The van der Waals surface area contributed by atoms with E-state index in [1.54, 1.807) is 0 Å². The van der Waals surface area contributed by atoms with Crippen LogP contribution in [0.4, 0.5) is 0 Å². The monoisotopic (exact) mass is 175 g/mol. The van der Waals surface area contributed by atoms with E-state index in [2.05, 4.69) is 29.9 Å². The summed E-state index contributed by atoms with van der Waals surface area (Å²) in [6.07, 6.45) is 0.